The SMILES string of the molecule is CC.CC(=O)NCc1cc(C)ccc1Oc1ccccc1. The first kappa shape index (κ1) is 16.8. The third kappa shape index (κ3) is 5.69. The third-order valence-electron chi connectivity index (χ3n) is 2.71. The maximum absolute atomic E-state index is 11.0. The molecule has 0 radical (unpaired) electrons. The molecule has 0 heterocycles. The van der Waals surface area contributed by atoms with Gasteiger partial charge in [-0.25, -0.2) is 0 Å². The summed E-state index contributed by atoms with van der Waals surface area (Å²) in [7, 11) is 0. The second-order valence-electron chi connectivity index (χ2n) is 4.44. The van der Waals surface area contributed by atoms with E-state index in [0.717, 1.165) is 22.6 Å². The Morgan fingerprint density at radius 2 is 1.76 bits per heavy atom. The molecular weight excluding hydrogens is 262 g/mol. The average molecular weight is 285 g/mol. The molecule has 0 atom stereocenters. The summed E-state index contributed by atoms with van der Waals surface area (Å²) in [5.74, 6) is 1.51. The number of nitrogens with one attached hydrogen (secondary N) is 1. The van der Waals surface area contributed by atoms with E-state index in [2.05, 4.69) is 5.32 Å². The van der Waals surface area contributed by atoms with E-state index >= 15 is 0 Å². The molecule has 3 nitrogen and oxygen atoms in total. The fraction of sp³-hybridized carbons (Fsp3) is 0.278. The molecule has 0 aliphatic heterocycles. The summed E-state index contributed by atoms with van der Waals surface area (Å²) in [4.78, 5) is 11.0. The third-order valence-corrected chi connectivity index (χ3v) is 2.71. The molecular formula is C18H23NO2. The molecule has 0 bridgehead atoms. The summed E-state index contributed by atoms with van der Waals surface area (Å²) in [5, 5.41) is 2.80. The van der Waals surface area contributed by atoms with E-state index in [4.69, 9.17) is 4.74 Å². The molecule has 0 aliphatic rings. The highest BCUT2D eigenvalue weighted by Crippen LogP contribution is 2.26. The van der Waals surface area contributed by atoms with Gasteiger partial charge in [0.25, 0.3) is 0 Å². The fourth-order valence-electron chi connectivity index (χ4n) is 1.78. The van der Waals surface area contributed by atoms with Crippen molar-refractivity contribution in [1.82, 2.24) is 5.32 Å². The second kappa shape index (κ2) is 8.80. The number of carbonyl (C=O) groups excluding carboxylic acids is 1. The lowest BCUT2D eigenvalue weighted by molar-refractivity contribution is -0.119. The normalized spacial score (nSPS) is 9.33. The molecule has 2 aromatic carbocycles. The van der Waals surface area contributed by atoms with Crippen molar-refractivity contribution < 1.29 is 9.53 Å². The first-order valence-electron chi connectivity index (χ1n) is 7.22. The van der Waals surface area contributed by atoms with Crippen molar-refractivity contribution in [3.63, 3.8) is 0 Å². The topological polar surface area (TPSA) is 38.3 Å². The molecule has 2 rings (SSSR count). The summed E-state index contributed by atoms with van der Waals surface area (Å²) >= 11 is 0. The monoisotopic (exact) mass is 285 g/mol. The van der Waals surface area contributed by atoms with E-state index in [9.17, 15) is 4.79 Å². The number of benzene rings is 2. The predicted octanol–water partition coefficient (Wildman–Crippen LogP) is 4.45. The van der Waals surface area contributed by atoms with Crippen LogP contribution < -0.4 is 10.1 Å². The molecule has 0 unspecified atom stereocenters. The zero-order chi connectivity index (χ0) is 15.7. The summed E-state index contributed by atoms with van der Waals surface area (Å²) in [5.41, 5.74) is 2.11. The van der Waals surface area contributed by atoms with E-state index in [0.29, 0.717) is 6.54 Å². The number of para-hydroxylation sites is 1. The minimum Gasteiger partial charge on any atom is -0.457 e. The highest BCUT2D eigenvalue weighted by molar-refractivity contribution is 5.72. The molecule has 1 amide bonds. The first-order chi connectivity index (χ1) is 10.1. The summed E-state index contributed by atoms with van der Waals surface area (Å²) in [6.45, 7) is 8.00. The number of carbonyl (C=O) groups is 1. The Labute approximate surface area is 127 Å². The minimum atomic E-state index is -0.0489. The Morgan fingerprint density at radius 1 is 1.10 bits per heavy atom. The number of amides is 1. The Kier molecular flexibility index (Phi) is 7.02. The van der Waals surface area contributed by atoms with Crippen LogP contribution >= 0.6 is 0 Å². The number of aryl methyl sites for hydroxylation is 1. The summed E-state index contributed by atoms with van der Waals surface area (Å²) in [6.07, 6.45) is 0. The maximum Gasteiger partial charge on any atom is 0.217 e. The van der Waals surface area contributed by atoms with Crippen LogP contribution in [-0.4, -0.2) is 5.91 Å². The average Bonchev–Trinajstić information content (AvgIpc) is 2.50. The van der Waals surface area contributed by atoms with Crippen molar-refractivity contribution in [3.05, 3.63) is 59.7 Å². The van der Waals surface area contributed by atoms with Crippen molar-refractivity contribution in [2.45, 2.75) is 34.2 Å². The van der Waals surface area contributed by atoms with Crippen LogP contribution in [0.5, 0.6) is 11.5 Å². The number of hydrogen-bond acceptors (Lipinski definition) is 2. The molecule has 21 heavy (non-hydrogen) atoms. The molecule has 0 saturated heterocycles. The predicted molar refractivity (Wildman–Crippen MR) is 86.6 cm³/mol. The van der Waals surface area contributed by atoms with E-state index in [1.54, 1.807) is 0 Å². The Bertz CT molecular complexity index is 565. The van der Waals surface area contributed by atoms with Crippen LogP contribution in [0.3, 0.4) is 0 Å². The molecule has 112 valence electrons. The van der Waals surface area contributed by atoms with Gasteiger partial charge in [0.15, 0.2) is 0 Å². The molecule has 0 spiro atoms. The van der Waals surface area contributed by atoms with E-state index in [1.807, 2.05) is 69.3 Å². The van der Waals surface area contributed by atoms with Gasteiger partial charge in [-0.1, -0.05) is 49.7 Å². The highest BCUT2D eigenvalue weighted by atomic mass is 16.5. The van der Waals surface area contributed by atoms with Crippen molar-refractivity contribution in [2.75, 3.05) is 0 Å². The van der Waals surface area contributed by atoms with Crippen molar-refractivity contribution in [3.8, 4) is 11.5 Å². The second-order valence-corrected chi connectivity index (χ2v) is 4.44. The van der Waals surface area contributed by atoms with Gasteiger partial charge in [0, 0.05) is 19.0 Å². The number of ether oxygens (including phenoxy) is 1. The van der Waals surface area contributed by atoms with Gasteiger partial charge in [0.1, 0.15) is 11.5 Å². The van der Waals surface area contributed by atoms with Crippen molar-refractivity contribution in [1.29, 1.82) is 0 Å². The zero-order valence-corrected chi connectivity index (χ0v) is 13.1. The van der Waals surface area contributed by atoms with Gasteiger partial charge in [-0.3, -0.25) is 4.79 Å². The summed E-state index contributed by atoms with van der Waals surface area (Å²) < 4.78 is 5.85. The lowest BCUT2D eigenvalue weighted by Crippen LogP contribution is -2.19. The van der Waals surface area contributed by atoms with Crippen molar-refractivity contribution >= 4 is 5.91 Å². The van der Waals surface area contributed by atoms with Gasteiger partial charge in [0.05, 0.1) is 0 Å². The van der Waals surface area contributed by atoms with Gasteiger partial charge >= 0.3 is 0 Å². The minimum absolute atomic E-state index is 0.0489. The first-order valence-corrected chi connectivity index (χ1v) is 7.22. The lowest BCUT2D eigenvalue weighted by atomic mass is 10.1. The molecule has 2 aromatic rings. The van der Waals surface area contributed by atoms with E-state index in [1.165, 1.54) is 6.92 Å². The molecule has 1 N–H and O–H groups in total. The molecule has 0 fully saturated rings. The molecule has 3 heteroatoms. The lowest BCUT2D eigenvalue weighted by Gasteiger charge is -2.12. The van der Waals surface area contributed by atoms with Gasteiger partial charge in [-0.15, -0.1) is 0 Å². The van der Waals surface area contributed by atoms with Crippen LogP contribution in [0.1, 0.15) is 31.9 Å². The molecule has 0 aromatic heterocycles. The summed E-state index contributed by atoms with van der Waals surface area (Å²) in [6, 6.07) is 15.6. The van der Waals surface area contributed by atoms with Crippen LogP contribution in [0.2, 0.25) is 0 Å². The number of rotatable bonds is 4. The highest BCUT2D eigenvalue weighted by Gasteiger charge is 2.06. The van der Waals surface area contributed by atoms with Crippen LogP contribution in [-0.2, 0) is 11.3 Å². The standard InChI is InChI=1S/C16H17NO2.C2H6/c1-12-8-9-16(14(10-12)11-17-13(2)18)19-15-6-4-3-5-7-15;1-2/h3-10H,11H2,1-2H3,(H,17,18);1-2H3. The van der Waals surface area contributed by atoms with Crippen molar-refractivity contribution in [2.24, 2.45) is 0 Å². The van der Waals surface area contributed by atoms with E-state index in [-0.39, 0.29) is 5.91 Å². The Hall–Kier alpha value is -2.29. The van der Waals surface area contributed by atoms with Crippen LogP contribution in [0.25, 0.3) is 0 Å². The maximum atomic E-state index is 11.0. The zero-order valence-electron chi connectivity index (χ0n) is 13.1. The quantitative estimate of drug-likeness (QED) is 0.901. The molecule has 0 aliphatic carbocycles. The van der Waals surface area contributed by atoms with Crippen LogP contribution in [0.4, 0.5) is 0 Å². The fourth-order valence-corrected chi connectivity index (χ4v) is 1.78. The largest absolute Gasteiger partial charge is 0.457 e. The Morgan fingerprint density at radius 3 is 2.38 bits per heavy atom. The van der Waals surface area contributed by atoms with Crippen LogP contribution in [0, 0.1) is 6.92 Å². The van der Waals surface area contributed by atoms with Gasteiger partial charge in [-0.05, 0) is 25.1 Å². The smallest absolute Gasteiger partial charge is 0.217 e. The molecule has 0 saturated carbocycles. The van der Waals surface area contributed by atoms with Gasteiger partial charge in [-0.2, -0.15) is 0 Å². The van der Waals surface area contributed by atoms with Crippen LogP contribution in [0.15, 0.2) is 48.5 Å². The van der Waals surface area contributed by atoms with Gasteiger partial charge < -0.3 is 10.1 Å². The Balaban J connectivity index is 0.00000106. The van der Waals surface area contributed by atoms with E-state index < -0.39 is 0 Å². The van der Waals surface area contributed by atoms with Gasteiger partial charge in [0.2, 0.25) is 5.91 Å². The number of hydrogen-bond donors (Lipinski definition) is 1.